The number of rotatable bonds is 7. The SMILES string of the molecule is Cl.Cl.NCC(=O)NCC(=O)NCCCN1CCCCCC1. The molecule has 0 atom stereocenters. The van der Waals surface area contributed by atoms with Crippen LogP contribution >= 0.6 is 24.8 Å². The van der Waals surface area contributed by atoms with Crippen molar-refractivity contribution in [3.05, 3.63) is 0 Å². The molecule has 0 saturated carbocycles. The molecule has 1 saturated heterocycles. The van der Waals surface area contributed by atoms with Gasteiger partial charge in [-0.2, -0.15) is 0 Å². The highest BCUT2D eigenvalue weighted by Gasteiger charge is 2.08. The molecule has 0 aliphatic carbocycles. The second-order valence-electron chi connectivity index (χ2n) is 4.94. The van der Waals surface area contributed by atoms with Crippen LogP contribution in [0.3, 0.4) is 0 Å². The monoisotopic (exact) mass is 342 g/mol. The van der Waals surface area contributed by atoms with Gasteiger partial charge >= 0.3 is 0 Å². The van der Waals surface area contributed by atoms with Gasteiger partial charge in [0.05, 0.1) is 13.1 Å². The number of carbonyl (C=O) groups is 2. The number of nitrogens with two attached hydrogens (primary N) is 1. The van der Waals surface area contributed by atoms with Gasteiger partial charge in [-0.15, -0.1) is 24.8 Å². The molecule has 1 fully saturated rings. The number of nitrogens with zero attached hydrogens (tertiary/aromatic N) is 1. The molecular formula is C13H28Cl2N4O2. The van der Waals surface area contributed by atoms with Crippen LogP contribution in [-0.2, 0) is 9.59 Å². The fourth-order valence-corrected chi connectivity index (χ4v) is 2.20. The third-order valence-corrected chi connectivity index (χ3v) is 3.30. The number of hydrogen-bond acceptors (Lipinski definition) is 4. The average Bonchev–Trinajstić information content (AvgIpc) is 2.69. The van der Waals surface area contributed by atoms with E-state index in [4.69, 9.17) is 5.73 Å². The summed E-state index contributed by atoms with van der Waals surface area (Å²) in [6.45, 7) is 3.99. The minimum Gasteiger partial charge on any atom is -0.355 e. The fraction of sp³-hybridized carbons (Fsp3) is 0.846. The van der Waals surface area contributed by atoms with Crippen molar-refractivity contribution in [2.24, 2.45) is 5.73 Å². The van der Waals surface area contributed by atoms with Crippen molar-refractivity contribution in [3.63, 3.8) is 0 Å². The van der Waals surface area contributed by atoms with Crippen molar-refractivity contribution in [1.29, 1.82) is 0 Å². The van der Waals surface area contributed by atoms with Crippen LogP contribution in [0.25, 0.3) is 0 Å². The molecule has 0 aromatic rings. The first-order valence-corrected chi connectivity index (χ1v) is 7.18. The summed E-state index contributed by atoms with van der Waals surface area (Å²) in [6.07, 6.45) is 6.22. The Morgan fingerprint density at radius 2 is 1.57 bits per heavy atom. The lowest BCUT2D eigenvalue weighted by Crippen LogP contribution is -2.40. The lowest BCUT2D eigenvalue weighted by Gasteiger charge is -2.19. The van der Waals surface area contributed by atoms with Gasteiger partial charge < -0.3 is 21.3 Å². The Hall–Kier alpha value is -0.560. The van der Waals surface area contributed by atoms with Gasteiger partial charge in [-0.05, 0) is 38.9 Å². The van der Waals surface area contributed by atoms with Gasteiger partial charge in [0.2, 0.25) is 11.8 Å². The Morgan fingerprint density at radius 3 is 2.14 bits per heavy atom. The molecule has 1 heterocycles. The number of amides is 2. The molecule has 6 nitrogen and oxygen atoms in total. The topological polar surface area (TPSA) is 87.5 Å². The lowest BCUT2D eigenvalue weighted by molar-refractivity contribution is -0.125. The summed E-state index contributed by atoms with van der Waals surface area (Å²) in [5, 5.41) is 5.24. The zero-order valence-corrected chi connectivity index (χ0v) is 14.1. The number of nitrogens with one attached hydrogen (secondary N) is 2. The molecule has 0 radical (unpaired) electrons. The molecule has 0 spiro atoms. The fourth-order valence-electron chi connectivity index (χ4n) is 2.20. The molecule has 2 amide bonds. The van der Waals surface area contributed by atoms with Crippen LogP contribution in [0.2, 0.25) is 0 Å². The highest BCUT2D eigenvalue weighted by atomic mass is 35.5. The van der Waals surface area contributed by atoms with Crippen LogP contribution in [0.1, 0.15) is 32.1 Å². The Kier molecular flexibility index (Phi) is 15.6. The first kappa shape index (κ1) is 22.7. The number of likely N-dealkylation sites (tertiary alicyclic amines) is 1. The van der Waals surface area contributed by atoms with Crippen molar-refractivity contribution < 1.29 is 9.59 Å². The van der Waals surface area contributed by atoms with Gasteiger partial charge in [0.1, 0.15) is 0 Å². The average molecular weight is 343 g/mol. The molecule has 0 aromatic carbocycles. The normalized spacial score (nSPS) is 15.1. The Labute approximate surface area is 139 Å². The van der Waals surface area contributed by atoms with E-state index in [2.05, 4.69) is 15.5 Å². The highest BCUT2D eigenvalue weighted by Crippen LogP contribution is 2.09. The van der Waals surface area contributed by atoms with Crippen LogP contribution in [-0.4, -0.2) is 56.0 Å². The van der Waals surface area contributed by atoms with Crippen LogP contribution in [0.5, 0.6) is 0 Å². The van der Waals surface area contributed by atoms with E-state index in [0.717, 1.165) is 13.0 Å². The van der Waals surface area contributed by atoms with Gasteiger partial charge in [0.25, 0.3) is 0 Å². The zero-order chi connectivity index (χ0) is 13.9. The predicted molar refractivity (Wildman–Crippen MR) is 89.1 cm³/mol. The van der Waals surface area contributed by atoms with Crippen molar-refractivity contribution in [3.8, 4) is 0 Å². The molecule has 0 aromatic heterocycles. The van der Waals surface area contributed by atoms with E-state index in [1.807, 2.05) is 0 Å². The molecule has 0 bridgehead atoms. The maximum atomic E-state index is 11.4. The summed E-state index contributed by atoms with van der Waals surface area (Å²) >= 11 is 0. The van der Waals surface area contributed by atoms with Crippen LogP contribution < -0.4 is 16.4 Å². The minimum atomic E-state index is -0.306. The Bertz CT molecular complexity index is 285. The molecule has 21 heavy (non-hydrogen) atoms. The van der Waals surface area contributed by atoms with Crippen LogP contribution in [0.15, 0.2) is 0 Å². The molecular weight excluding hydrogens is 315 g/mol. The second kappa shape index (κ2) is 14.4. The lowest BCUT2D eigenvalue weighted by atomic mass is 10.2. The smallest absolute Gasteiger partial charge is 0.239 e. The van der Waals surface area contributed by atoms with E-state index in [-0.39, 0.29) is 49.7 Å². The van der Waals surface area contributed by atoms with Crippen molar-refractivity contribution in [1.82, 2.24) is 15.5 Å². The molecule has 1 rings (SSSR count). The van der Waals surface area contributed by atoms with E-state index in [9.17, 15) is 9.59 Å². The van der Waals surface area contributed by atoms with Gasteiger partial charge in [-0.3, -0.25) is 9.59 Å². The minimum absolute atomic E-state index is 0. The van der Waals surface area contributed by atoms with Gasteiger partial charge in [0, 0.05) is 6.54 Å². The largest absolute Gasteiger partial charge is 0.355 e. The Balaban J connectivity index is 0. The summed E-state index contributed by atoms with van der Waals surface area (Å²) in [5.74, 6) is -0.461. The Morgan fingerprint density at radius 1 is 0.952 bits per heavy atom. The van der Waals surface area contributed by atoms with E-state index in [0.29, 0.717) is 6.54 Å². The quantitative estimate of drug-likeness (QED) is 0.580. The molecule has 4 N–H and O–H groups in total. The predicted octanol–water partition coefficient (Wildman–Crippen LogP) is 0.287. The van der Waals surface area contributed by atoms with E-state index in [1.165, 1.54) is 38.8 Å². The second-order valence-corrected chi connectivity index (χ2v) is 4.94. The first-order valence-electron chi connectivity index (χ1n) is 7.18. The summed E-state index contributed by atoms with van der Waals surface area (Å²) in [4.78, 5) is 24.7. The highest BCUT2D eigenvalue weighted by molar-refractivity contribution is 5.86. The zero-order valence-electron chi connectivity index (χ0n) is 12.4. The first-order chi connectivity index (χ1) is 9.22. The van der Waals surface area contributed by atoms with Crippen molar-refractivity contribution >= 4 is 36.6 Å². The summed E-state index contributed by atoms with van der Waals surface area (Å²) in [7, 11) is 0. The standard InChI is InChI=1S/C13H26N4O2.2ClH/c14-10-12(18)16-11-13(19)15-6-5-9-17-7-3-1-2-4-8-17;;/h1-11,14H2,(H,15,19)(H,16,18);2*1H. The van der Waals surface area contributed by atoms with E-state index < -0.39 is 0 Å². The molecule has 1 aliphatic rings. The van der Waals surface area contributed by atoms with E-state index in [1.54, 1.807) is 0 Å². The van der Waals surface area contributed by atoms with Crippen LogP contribution in [0, 0.1) is 0 Å². The van der Waals surface area contributed by atoms with Gasteiger partial charge in [-0.1, -0.05) is 12.8 Å². The number of carbonyl (C=O) groups excluding carboxylic acids is 2. The van der Waals surface area contributed by atoms with Crippen molar-refractivity contribution in [2.75, 3.05) is 39.3 Å². The van der Waals surface area contributed by atoms with Gasteiger partial charge in [-0.25, -0.2) is 0 Å². The maximum absolute atomic E-state index is 11.4. The summed E-state index contributed by atoms with van der Waals surface area (Å²) in [5.41, 5.74) is 5.13. The summed E-state index contributed by atoms with van der Waals surface area (Å²) < 4.78 is 0. The van der Waals surface area contributed by atoms with Crippen LogP contribution in [0.4, 0.5) is 0 Å². The maximum Gasteiger partial charge on any atom is 0.239 e. The third kappa shape index (κ3) is 11.7. The third-order valence-electron chi connectivity index (χ3n) is 3.30. The molecule has 126 valence electrons. The van der Waals surface area contributed by atoms with Gasteiger partial charge in [0.15, 0.2) is 0 Å². The molecule has 0 unspecified atom stereocenters. The number of halogens is 2. The molecule has 1 aliphatic heterocycles. The summed E-state index contributed by atoms with van der Waals surface area (Å²) in [6, 6.07) is 0. The number of hydrogen-bond donors (Lipinski definition) is 3. The van der Waals surface area contributed by atoms with E-state index >= 15 is 0 Å². The van der Waals surface area contributed by atoms with Crippen molar-refractivity contribution in [2.45, 2.75) is 32.1 Å². The molecule has 8 heteroatoms.